The minimum absolute atomic E-state index is 0.0232. The van der Waals surface area contributed by atoms with E-state index in [0.717, 1.165) is 11.3 Å². The molecule has 0 saturated heterocycles. The van der Waals surface area contributed by atoms with Crippen LogP contribution in [0.4, 0.5) is 11.4 Å². The van der Waals surface area contributed by atoms with Crippen LogP contribution in [-0.4, -0.2) is 10.9 Å². The Morgan fingerprint density at radius 3 is 2.95 bits per heavy atom. The molecule has 21 heavy (non-hydrogen) atoms. The van der Waals surface area contributed by atoms with E-state index in [0.29, 0.717) is 30.2 Å². The first-order chi connectivity index (χ1) is 10.2. The van der Waals surface area contributed by atoms with E-state index in [1.807, 2.05) is 12.1 Å². The number of pyridine rings is 1. The van der Waals surface area contributed by atoms with E-state index < -0.39 is 0 Å². The summed E-state index contributed by atoms with van der Waals surface area (Å²) in [4.78, 5) is 15.3. The third-order valence-corrected chi connectivity index (χ3v) is 3.20. The predicted molar refractivity (Wildman–Crippen MR) is 76.8 cm³/mol. The van der Waals surface area contributed by atoms with Gasteiger partial charge in [0, 0.05) is 18.2 Å². The number of rotatable bonds is 2. The molecule has 1 amide bonds. The van der Waals surface area contributed by atoms with Gasteiger partial charge in [0.2, 0.25) is 11.8 Å². The summed E-state index contributed by atoms with van der Waals surface area (Å²) in [6.07, 6.45) is 1.14. The van der Waals surface area contributed by atoms with Crippen molar-refractivity contribution in [2.45, 2.75) is 12.8 Å². The zero-order chi connectivity index (χ0) is 14.8. The van der Waals surface area contributed by atoms with Crippen molar-refractivity contribution in [2.75, 3.05) is 11.1 Å². The average Bonchev–Trinajstić information content (AvgIpc) is 2.49. The number of aryl methyl sites for hydroxylation is 1. The molecule has 3 rings (SSSR count). The van der Waals surface area contributed by atoms with Crippen LogP contribution in [0.5, 0.6) is 11.6 Å². The van der Waals surface area contributed by atoms with Crippen LogP contribution in [0.2, 0.25) is 0 Å². The van der Waals surface area contributed by atoms with E-state index in [2.05, 4.69) is 10.3 Å². The number of carbonyl (C=O) groups is 1. The van der Waals surface area contributed by atoms with E-state index >= 15 is 0 Å². The van der Waals surface area contributed by atoms with Gasteiger partial charge in [-0.2, -0.15) is 5.26 Å². The second kappa shape index (κ2) is 5.13. The van der Waals surface area contributed by atoms with Crippen LogP contribution >= 0.6 is 0 Å². The monoisotopic (exact) mass is 280 g/mol. The fourth-order valence-electron chi connectivity index (χ4n) is 2.14. The maximum absolute atomic E-state index is 11.3. The maximum atomic E-state index is 11.3. The van der Waals surface area contributed by atoms with Gasteiger partial charge in [0.1, 0.15) is 11.8 Å². The molecule has 6 heteroatoms. The lowest BCUT2D eigenvalue weighted by Gasteiger charge is -2.17. The van der Waals surface area contributed by atoms with Crippen molar-refractivity contribution in [1.82, 2.24) is 4.98 Å². The summed E-state index contributed by atoms with van der Waals surface area (Å²) in [6.45, 7) is 0. The Hall–Kier alpha value is -3.07. The Bertz CT molecular complexity index is 765. The van der Waals surface area contributed by atoms with Gasteiger partial charge in [0.15, 0.2) is 5.69 Å². The summed E-state index contributed by atoms with van der Waals surface area (Å²) in [5, 5.41) is 11.7. The Balaban J connectivity index is 1.86. The van der Waals surface area contributed by atoms with Crippen LogP contribution in [-0.2, 0) is 11.2 Å². The molecule has 0 spiro atoms. The second-order valence-corrected chi connectivity index (χ2v) is 4.67. The number of carbonyl (C=O) groups excluding carboxylic acids is 1. The van der Waals surface area contributed by atoms with Crippen molar-refractivity contribution in [1.29, 1.82) is 5.26 Å². The van der Waals surface area contributed by atoms with Gasteiger partial charge in [-0.25, -0.2) is 4.98 Å². The van der Waals surface area contributed by atoms with E-state index in [9.17, 15) is 4.79 Å². The van der Waals surface area contributed by atoms with Crippen molar-refractivity contribution >= 4 is 17.3 Å². The molecule has 1 aliphatic heterocycles. The molecule has 0 unspecified atom stereocenters. The number of nitrogens with two attached hydrogens (primary N) is 1. The van der Waals surface area contributed by atoms with E-state index in [-0.39, 0.29) is 11.6 Å². The van der Waals surface area contributed by atoms with Crippen molar-refractivity contribution in [2.24, 2.45) is 0 Å². The molecule has 0 bridgehead atoms. The van der Waals surface area contributed by atoms with Gasteiger partial charge in [-0.3, -0.25) is 4.79 Å². The first kappa shape index (κ1) is 12.9. The van der Waals surface area contributed by atoms with Crippen LogP contribution in [0.3, 0.4) is 0 Å². The Morgan fingerprint density at radius 1 is 1.29 bits per heavy atom. The first-order valence-electron chi connectivity index (χ1n) is 6.43. The molecule has 1 aliphatic rings. The number of amides is 1. The third-order valence-electron chi connectivity index (χ3n) is 3.20. The highest BCUT2D eigenvalue weighted by molar-refractivity contribution is 5.94. The van der Waals surface area contributed by atoms with Gasteiger partial charge in [-0.05, 0) is 36.2 Å². The fourth-order valence-corrected chi connectivity index (χ4v) is 2.14. The fraction of sp³-hybridized carbons (Fsp3) is 0.133. The molecule has 2 aromatic rings. The molecule has 3 N–H and O–H groups in total. The zero-order valence-corrected chi connectivity index (χ0v) is 11.1. The number of anilines is 2. The van der Waals surface area contributed by atoms with Gasteiger partial charge >= 0.3 is 0 Å². The molecule has 0 fully saturated rings. The Kier molecular flexibility index (Phi) is 3.16. The summed E-state index contributed by atoms with van der Waals surface area (Å²) in [5.74, 6) is 0.932. The van der Waals surface area contributed by atoms with Crippen LogP contribution in [0.15, 0.2) is 30.3 Å². The second-order valence-electron chi connectivity index (χ2n) is 4.67. The number of nitrogen functional groups attached to an aromatic ring is 1. The van der Waals surface area contributed by atoms with Gasteiger partial charge in [0.05, 0.1) is 5.69 Å². The van der Waals surface area contributed by atoms with Crippen LogP contribution in [0.1, 0.15) is 17.7 Å². The number of nitrogens with one attached hydrogen (secondary N) is 1. The number of hydrogen-bond donors (Lipinski definition) is 2. The highest BCUT2D eigenvalue weighted by Crippen LogP contribution is 2.29. The summed E-state index contributed by atoms with van der Waals surface area (Å²) >= 11 is 0. The number of nitrogens with zero attached hydrogens (tertiary/aromatic N) is 2. The maximum Gasteiger partial charge on any atom is 0.224 e. The quantitative estimate of drug-likeness (QED) is 0.878. The SMILES string of the molecule is N#Cc1nc(Oc2ccc3c(c2)CCC(=O)N3)ccc1N. The molecule has 2 heterocycles. The van der Waals surface area contributed by atoms with Gasteiger partial charge < -0.3 is 15.8 Å². The molecule has 0 aliphatic carbocycles. The van der Waals surface area contributed by atoms with Gasteiger partial charge in [-0.15, -0.1) is 0 Å². The van der Waals surface area contributed by atoms with Crippen molar-refractivity contribution in [3.63, 3.8) is 0 Å². The highest BCUT2D eigenvalue weighted by atomic mass is 16.5. The Morgan fingerprint density at radius 2 is 2.14 bits per heavy atom. The largest absolute Gasteiger partial charge is 0.439 e. The van der Waals surface area contributed by atoms with Crippen molar-refractivity contribution in [3.8, 4) is 17.7 Å². The number of hydrogen-bond acceptors (Lipinski definition) is 5. The molecule has 0 atom stereocenters. The number of fused-ring (bicyclic) bond motifs is 1. The van der Waals surface area contributed by atoms with Gasteiger partial charge in [0.25, 0.3) is 0 Å². The Labute approximate surface area is 121 Å². The average molecular weight is 280 g/mol. The predicted octanol–water partition coefficient (Wildman–Crippen LogP) is 2.21. The lowest BCUT2D eigenvalue weighted by Crippen LogP contribution is -2.18. The highest BCUT2D eigenvalue weighted by Gasteiger charge is 2.15. The van der Waals surface area contributed by atoms with Gasteiger partial charge in [-0.1, -0.05) is 0 Å². The van der Waals surface area contributed by atoms with Crippen LogP contribution < -0.4 is 15.8 Å². The minimum Gasteiger partial charge on any atom is -0.439 e. The molecule has 1 aromatic carbocycles. The number of benzene rings is 1. The smallest absolute Gasteiger partial charge is 0.224 e. The topological polar surface area (TPSA) is 101 Å². The molecular weight excluding hydrogens is 268 g/mol. The molecule has 0 saturated carbocycles. The molecule has 6 nitrogen and oxygen atoms in total. The lowest BCUT2D eigenvalue weighted by molar-refractivity contribution is -0.116. The summed E-state index contributed by atoms with van der Waals surface area (Å²) < 4.78 is 5.64. The standard InChI is InChI=1S/C15H12N4O2/c16-8-13-11(17)3-6-15(19-13)21-10-2-4-12-9(7-10)1-5-14(20)18-12/h2-4,6-7H,1,5,17H2,(H,18,20). The molecule has 104 valence electrons. The summed E-state index contributed by atoms with van der Waals surface area (Å²) in [5.41, 5.74) is 7.89. The molecule has 0 radical (unpaired) electrons. The molecular formula is C15H12N4O2. The van der Waals surface area contributed by atoms with E-state index in [1.165, 1.54) is 0 Å². The van der Waals surface area contributed by atoms with Crippen LogP contribution in [0.25, 0.3) is 0 Å². The number of nitriles is 1. The van der Waals surface area contributed by atoms with E-state index in [1.54, 1.807) is 24.3 Å². The first-order valence-corrected chi connectivity index (χ1v) is 6.43. The molecule has 1 aromatic heterocycles. The summed E-state index contributed by atoms with van der Waals surface area (Å²) in [7, 11) is 0. The third kappa shape index (κ3) is 2.62. The minimum atomic E-state index is 0.0232. The summed E-state index contributed by atoms with van der Waals surface area (Å²) in [6, 6.07) is 10.5. The van der Waals surface area contributed by atoms with E-state index in [4.69, 9.17) is 15.7 Å². The zero-order valence-electron chi connectivity index (χ0n) is 11.1. The lowest BCUT2D eigenvalue weighted by atomic mass is 10.0. The van der Waals surface area contributed by atoms with Crippen molar-refractivity contribution < 1.29 is 9.53 Å². The number of aromatic nitrogens is 1. The number of ether oxygens (including phenoxy) is 1. The van der Waals surface area contributed by atoms with Crippen LogP contribution in [0, 0.1) is 11.3 Å². The van der Waals surface area contributed by atoms with Crippen molar-refractivity contribution in [3.05, 3.63) is 41.6 Å². The normalized spacial score (nSPS) is 13.0.